The van der Waals surface area contributed by atoms with E-state index >= 15 is 0 Å². The number of benzene rings is 4. The van der Waals surface area contributed by atoms with Crippen molar-refractivity contribution in [2.75, 3.05) is 0 Å². The number of carbonyl (C=O) groups excluding carboxylic acids is 1. The van der Waals surface area contributed by atoms with Gasteiger partial charge in [0.15, 0.2) is 20.3 Å². The number of ether oxygens (including phenoxy) is 1. The lowest BCUT2D eigenvalue weighted by atomic mass is 9.95. The van der Waals surface area contributed by atoms with Crippen LogP contribution in [0.4, 0.5) is 0 Å². The molecule has 4 aromatic rings. The molecule has 0 fully saturated rings. The molecule has 0 aliphatic rings. The van der Waals surface area contributed by atoms with E-state index in [-0.39, 0.29) is 10.9 Å². The molecule has 0 amide bonds. The minimum atomic E-state index is -1.26. The summed E-state index contributed by atoms with van der Waals surface area (Å²) in [5.74, 6) is 2.09. The second kappa shape index (κ2) is 10.1. The molecule has 0 saturated carbocycles. The van der Waals surface area contributed by atoms with Crippen molar-refractivity contribution in [3.05, 3.63) is 126 Å². The molecule has 4 heteroatoms. The highest BCUT2D eigenvalue weighted by Gasteiger charge is 2.32. The summed E-state index contributed by atoms with van der Waals surface area (Å²) in [5, 5.41) is 9.04. The molecule has 0 saturated heterocycles. The van der Waals surface area contributed by atoms with Gasteiger partial charge < -0.3 is 4.74 Å². The standard InChI is InChI=1S/C30H22NO2S/c1-3-30(2,25-19-17-23(22-31)18-20-25)33-29(32)24-11-10-16-28(21-24)34(26-12-6-4-7-13-26)27-14-8-5-9-15-27/h1,4-21H,2H3/q+1. The molecule has 0 bridgehead atoms. The average molecular weight is 461 g/mol. The van der Waals surface area contributed by atoms with E-state index in [1.807, 2.05) is 54.6 Å². The van der Waals surface area contributed by atoms with Crippen molar-refractivity contribution in [2.45, 2.75) is 27.2 Å². The second-order valence-electron chi connectivity index (χ2n) is 7.72. The van der Waals surface area contributed by atoms with E-state index in [4.69, 9.17) is 16.4 Å². The van der Waals surface area contributed by atoms with E-state index in [0.717, 1.165) is 14.7 Å². The summed E-state index contributed by atoms with van der Waals surface area (Å²) in [5.41, 5.74) is 0.307. The van der Waals surface area contributed by atoms with Gasteiger partial charge in [0, 0.05) is 11.6 Å². The number of nitriles is 1. The van der Waals surface area contributed by atoms with Crippen LogP contribution in [0.15, 0.2) is 124 Å². The molecule has 0 heterocycles. The Labute approximate surface area is 203 Å². The van der Waals surface area contributed by atoms with Crippen LogP contribution < -0.4 is 0 Å². The molecular formula is C30H22NO2S+. The van der Waals surface area contributed by atoms with E-state index in [9.17, 15) is 4.79 Å². The first-order chi connectivity index (χ1) is 16.5. The number of nitrogens with zero attached hydrogens (tertiary/aromatic N) is 1. The van der Waals surface area contributed by atoms with Crippen molar-refractivity contribution in [3.63, 3.8) is 0 Å². The lowest BCUT2D eigenvalue weighted by Gasteiger charge is -2.24. The maximum absolute atomic E-state index is 13.2. The molecule has 34 heavy (non-hydrogen) atoms. The SMILES string of the molecule is C#CC(C)(OC(=O)c1cccc([S+](c2ccccc2)c2ccccc2)c1)c1ccc(C#N)cc1. The molecule has 0 aliphatic heterocycles. The van der Waals surface area contributed by atoms with Gasteiger partial charge in [-0.3, -0.25) is 0 Å². The predicted molar refractivity (Wildman–Crippen MR) is 134 cm³/mol. The van der Waals surface area contributed by atoms with E-state index in [1.54, 1.807) is 37.3 Å². The first-order valence-corrected chi connectivity index (χ1v) is 11.9. The van der Waals surface area contributed by atoms with Crippen LogP contribution in [0.5, 0.6) is 0 Å². The summed E-state index contributed by atoms with van der Waals surface area (Å²) < 4.78 is 5.82. The fourth-order valence-corrected chi connectivity index (χ4v) is 5.68. The summed E-state index contributed by atoms with van der Waals surface area (Å²) in [6, 6.07) is 36.8. The van der Waals surface area contributed by atoms with Crippen LogP contribution in [0, 0.1) is 23.7 Å². The van der Waals surface area contributed by atoms with Crippen molar-refractivity contribution in [3.8, 4) is 18.4 Å². The number of carbonyl (C=O) groups is 1. The number of esters is 1. The van der Waals surface area contributed by atoms with Gasteiger partial charge in [0.25, 0.3) is 0 Å². The van der Waals surface area contributed by atoms with Gasteiger partial charge in [-0.05, 0) is 55.5 Å². The second-order valence-corrected chi connectivity index (χ2v) is 9.74. The Kier molecular flexibility index (Phi) is 6.83. The van der Waals surface area contributed by atoms with Gasteiger partial charge in [-0.1, -0.05) is 60.5 Å². The van der Waals surface area contributed by atoms with Crippen LogP contribution in [-0.2, 0) is 21.2 Å². The Balaban J connectivity index is 1.67. The third-order valence-electron chi connectivity index (χ3n) is 5.40. The van der Waals surface area contributed by atoms with Crippen LogP contribution >= 0.6 is 0 Å². The third-order valence-corrected chi connectivity index (χ3v) is 7.61. The monoisotopic (exact) mass is 460 g/mol. The van der Waals surface area contributed by atoms with Crippen LogP contribution in [0.1, 0.15) is 28.4 Å². The minimum Gasteiger partial charge on any atom is -0.438 e. The van der Waals surface area contributed by atoms with Crippen molar-refractivity contribution in [1.29, 1.82) is 5.26 Å². The molecule has 0 spiro atoms. The topological polar surface area (TPSA) is 50.1 Å². The van der Waals surface area contributed by atoms with Gasteiger partial charge in [-0.25, -0.2) is 4.79 Å². The smallest absolute Gasteiger partial charge is 0.340 e. The summed E-state index contributed by atoms with van der Waals surface area (Å²) in [7, 11) is -0.385. The average Bonchev–Trinajstić information content (AvgIpc) is 2.90. The van der Waals surface area contributed by atoms with Crippen LogP contribution in [-0.4, -0.2) is 5.97 Å². The fraction of sp³-hybridized carbons (Fsp3) is 0.0667. The number of hydrogen-bond donors (Lipinski definition) is 0. The van der Waals surface area contributed by atoms with Gasteiger partial charge in [0.2, 0.25) is 0 Å². The van der Waals surface area contributed by atoms with Crippen LogP contribution in [0.3, 0.4) is 0 Å². The van der Waals surface area contributed by atoms with E-state index in [2.05, 4.69) is 36.3 Å². The number of terminal acetylenes is 1. The lowest BCUT2D eigenvalue weighted by molar-refractivity contribution is 0.0129. The Morgan fingerprint density at radius 3 is 1.91 bits per heavy atom. The van der Waals surface area contributed by atoms with E-state index in [1.165, 1.54) is 0 Å². The predicted octanol–water partition coefficient (Wildman–Crippen LogP) is 6.36. The van der Waals surface area contributed by atoms with Crippen molar-refractivity contribution in [2.24, 2.45) is 0 Å². The van der Waals surface area contributed by atoms with E-state index < -0.39 is 11.6 Å². The van der Waals surface area contributed by atoms with Crippen molar-refractivity contribution in [1.82, 2.24) is 0 Å². The normalized spacial score (nSPS) is 12.2. The fourth-order valence-electron chi connectivity index (χ4n) is 3.55. The Hall–Kier alpha value is -4.25. The maximum atomic E-state index is 13.2. The van der Waals surface area contributed by atoms with Crippen molar-refractivity contribution < 1.29 is 9.53 Å². The zero-order valence-corrected chi connectivity index (χ0v) is 19.5. The zero-order chi connectivity index (χ0) is 24.0. The van der Waals surface area contributed by atoms with Gasteiger partial charge in [0.05, 0.1) is 28.1 Å². The Morgan fingerprint density at radius 2 is 1.38 bits per heavy atom. The van der Waals surface area contributed by atoms with Gasteiger partial charge in [-0.2, -0.15) is 5.26 Å². The molecule has 0 aromatic heterocycles. The van der Waals surface area contributed by atoms with E-state index in [0.29, 0.717) is 16.7 Å². The summed E-state index contributed by atoms with van der Waals surface area (Å²) in [4.78, 5) is 16.5. The molecule has 0 N–H and O–H groups in total. The quantitative estimate of drug-likeness (QED) is 0.191. The van der Waals surface area contributed by atoms with Gasteiger partial charge >= 0.3 is 5.97 Å². The first kappa shape index (κ1) is 22.9. The van der Waals surface area contributed by atoms with Crippen LogP contribution in [0.25, 0.3) is 0 Å². The molecule has 164 valence electrons. The molecule has 0 radical (unpaired) electrons. The molecule has 1 unspecified atom stereocenters. The van der Waals surface area contributed by atoms with Crippen molar-refractivity contribution >= 4 is 16.9 Å². The molecule has 1 atom stereocenters. The summed E-state index contributed by atoms with van der Waals surface area (Å²) in [6.07, 6.45) is 5.78. The molecule has 4 rings (SSSR count). The molecular weight excluding hydrogens is 438 g/mol. The lowest BCUT2D eigenvalue weighted by Crippen LogP contribution is -2.27. The largest absolute Gasteiger partial charge is 0.438 e. The third kappa shape index (κ3) is 4.89. The number of rotatable bonds is 6. The molecule has 0 aliphatic carbocycles. The first-order valence-electron chi connectivity index (χ1n) is 10.7. The summed E-state index contributed by atoms with van der Waals surface area (Å²) >= 11 is 0. The van der Waals surface area contributed by atoms with Gasteiger partial charge in [-0.15, -0.1) is 6.42 Å². The van der Waals surface area contributed by atoms with Gasteiger partial charge in [0.1, 0.15) is 0 Å². The highest BCUT2D eigenvalue weighted by atomic mass is 32.2. The maximum Gasteiger partial charge on any atom is 0.340 e. The highest BCUT2D eigenvalue weighted by molar-refractivity contribution is 7.97. The Bertz CT molecular complexity index is 1330. The Morgan fingerprint density at radius 1 is 0.824 bits per heavy atom. The summed E-state index contributed by atoms with van der Waals surface area (Å²) in [6.45, 7) is 1.68. The molecule has 3 nitrogen and oxygen atoms in total. The highest BCUT2D eigenvalue weighted by Crippen LogP contribution is 2.32. The molecule has 4 aromatic carbocycles. The van der Waals surface area contributed by atoms with Crippen LogP contribution in [0.2, 0.25) is 0 Å². The number of hydrogen-bond acceptors (Lipinski definition) is 3. The minimum absolute atomic E-state index is 0.385. The zero-order valence-electron chi connectivity index (χ0n) is 18.6.